The van der Waals surface area contributed by atoms with Crippen LogP contribution in [-0.2, 0) is 19.1 Å². The van der Waals surface area contributed by atoms with Crippen molar-refractivity contribution in [2.24, 2.45) is 11.8 Å². The topological polar surface area (TPSA) is 105 Å². The summed E-state index contributed by atoms with van der Waals surface area (Å²) in [6.45, 7) is 0.693. The fourth-order valence-electron chi connectivity index (χ4n) is 5.34. The van der Waals surface area contributed by atoms with Crippen molar-refractivity contribution in [1.82, 2.24) is 10.2 Å². The van der Waals surface area contributed by atoms with E-state index in [1.807, 2.05) is 24.3 Å². The Bertz CT molecular complexity index is 1030. The Labute approximate surface area is 205 Å². The van der Waals surface area contributed by atoms with Crippen LogP contribution in [0.3, 0.4) is 0 Å². The van der Waals surface area contributed by atoms with Gasteiger partial charge < -0.3 is 24.8 Å². The molecule has 2 N–H and O–H groups in total. The fourth-order valence-corrected chi connectivity index (χ4v) is 5.34. The van der Waals surface area contributed by atoms with Gasteiger partial charge in [-0.15, -0.1) is 0 Å². The number of aliphatic carboxylic acids is 1. The Balaban J connectivity index is 1.32. The highest BCUT2D eigenvalue weighted by molar-refractivity contribution is 5.83. The maximum absolute atomic E-state index is 13.0. The molecule has 1 saturated carbocycles. The maximum Gasteiger partial charge on any atom is 0.407 e. The molecule has 2 aromatic rings. The average molecular weight is 481 g/mol. The molecule has 0 spiro atoms. The van der Waals surface area contributed by atoms with E-state index in [-0.39, 0.29) is 50.0 Å². The van der Waals surface area contributed by atoms with Crippen LogP contribution < -0.4 is 5.32 Å². The van der Waals surface area contributed by atoms with Crippen molar-refractivity contribution in [3.05, 3.63) is 59.7 Å². The maximum atomic E-state index is 13.0. The first kappa shape index (κ1) is 24.7. The van der Waals surface area contributed by atoms with E-state index in [2.05, 4.69) is 29.6 Å². The lowest BCUT2D eigenvalue weighted by molar-refractivity contribution is -0.147. The van der Waals surface area contributed by atoms with Gasteiger partial charge in [0.25, 0.3) is 0 Å². The molecular weight excluding hydrogens is 448 g/mol. The molecule has 2 aliphatic rings. The number of methoxy groups -OCH3 is 1. The van der Waals surface area contributed by atoms with Gasteiger partial charge in [0.15, 0.2) is 0 Å². The van der Waals surface area contributed by atoms with Crippen molar-refractivity contribution in [2.75, 3.05) is 40.0 Å². The molecule has 186 valence electrons. The number of benzene rings is 2. The van der Waals surface area contributed by atoms with Gasteiger partial charge in [-0.05, 0) is 41.0 Å². The van der Waals surface area contributed by atoms with Gasteiger partial charge in [-0.25, -0.2) is 4.79 Å². The highest BCUT2D eigenvalue weighted by Gasteiger charge is 2.36. The molecule has 35 heavy (non-hydrogen) atoms. The first-order valence-electron chi connectivity index (χ1n) is 12.1. The van der Waals surface area contributed by atoms with Crippen LogP contribution in [0.5, 0.6) is 0 Å². The molecule has 0 unspecified atom stereocenters. The first-order valence-corrected chi connectivity index (χ1v) is 12.1. The smallest absolute Gasteiger partial charge is 0.407 e. The Hall–Kier alpha value is -3.39. The quantitative estimate of drug-likeness (QED) is 0.539. The van der Waals surface area contributed by atoms with E-state index < -0.39 is 12.1 Å². The van der Waals surface area contributed by atoms with Crippen LogP contribution in [0.15, 0.2) is 48.5 Å². The summed E-state index contributed by atoms with van der Waals surface area (Å²) in [5.74, 6) is -1.64. The summed E-state index contributed by atoms with van der Waals surface area (Å²) in [4.78, 5) is 38.1. The van der Waals surface area contributed by atoms with Crippen LogP contribution >= 0.6 is 0 Å². The van der Waals surface area contributed by atoms with Gasteiger partial charge in [-0.3, -0.25) is 9.59 Å². The molecule has 8 heteroatoms. The standard InChI is InChI=1S/C27H32N2O6/c1-34-14-13-29(16-25(30)31)26(32)19-12-6-7-18(19)15-28-27(33)35-17-24-22-10-4-2-8-20(22)21-9-3-5-11-23(21)24/h2-5,8-11,18-19,24H,6-7,12-17H2,1H3,(H,28,33)(H,30,31)/t18-,19-/m1/s1. The zero-order valence-electron chi connectivity index (χ0n) is 19.9. The van der Waals surface area contributed by atoms with Crippen LogP contribution in [0.2, 0.25) is 0 Å². The van der Waals surface area contributed by atoms with Crippen LogP contribution in [0.4, 0.5) is 4.79 Å². The second kappa shape index (κ2) is 11.4. The lowest BCUT2D eigenvalue weighted by Crippen LogP contribution is -2.44. The predicted octanol–water partition coefficient (Wildman–Crippen LogP) is 3.50. The van der Waals surface area contributed by atoms with Crippen molar-refractivity contribution in [1.29, 1.82) is 0 Å². The predicted molar refractivity (Wildman–Crippen MR) is 130 cm³/mol. The van der Waals surface area contributed by atoms with E-state index in [4.69, 9.17) is 9.47 Å². The minimum absolute atomic E-state index is 0.0145. The number of carbonyl (C=O) groups is 3. The van der Waals surface area contributed by atoms with Gasteiger partial charge in [-0.2, -0.15) is 0 Å². The molecule has 4 rings (SSSR count). The Kier molecular flexibility index (Phi) is 8.02. The summed E-state index contributed by atoms with van der Waals surface area (Å²) in [6.07, 6.45) is 1.83. The molecule has 0 aliphatic heterocycles. The van der Waals surface area contributed by atoms with Crippen molar-refractivity contribution in [2.45, 2.75) is 25.2 Å². The van der Waals surface area contributed by atoms with Crippen molar-refractivity contribution >= 4 is 18.0 Å². The number of carboxylic acids is 1. The summed E-state index contributed by atoms with van der Waals surface area (Å²) in [5.41, 5.74) is 4.64. The number of hydrogen-bond donors (Lipinski definition) is 2. The summed E-state index contributed by atoms with van der Waals surface area (Å²) >= 11 is 0. The molecule has 0 aromatic heterocycles. The zero-order valence-corrected chi connectivity index (χ0v) is 19.9. The summed E-state index contributed by atoms with van der Waals surface area (Å²) in [7, 11) is 1.51. The molecule has 8 nitrogen and oxygen atoms in total. The molecule has 2 amide bonds. The number of carboxylic acid groups (broad SMARTS) is 1. The monoisotopic (exact) mass is 480 g/mol. The highest BCUT2D eigenvalue weighted by Crippen LogP contribution is 2.44. The Morgan fingerprint density at radius 1 is 1.03 bits per heavy atom. The molecule has 1 fully saturated rings. The second-order valence-electron chi connectivity index (χ2n) is 9.15. The number of rotatable bonds is 10. The number of carbonyl (C=O) groups excluding carboxylic acids is 2. The molecule has 0 heterocycles. The second-order valence-corrected chi connectivity index (χ2v) is 9.15. The fraction of sp³-hybridized carbons (Fsp3) is 0.444. The number of hydrogen-bond acceptors (Lipinski definition) is 5. The molecule has 2 aromatic carbocycles. The SMILES string of the molecule is COCCN(CC(=O)O)C(=O)[C@@H]1CCC[C@@H]1CNC(=O)OCC1c2ccccc2-c2ccccc21. The van der Waals surface area contributed by atoms with Crippen molar-refractivity contribution < 1.29 is 29.0 Å². The van der Waals surface area contributed by atoms with Crippen molar-refractivity contribution in [3.8, 4) is 11.1 Å². The van der Waals surface area contributed by atoms with E-state index in [1.165, 1.54) is 23.1 Å². The number of fused-ring (bicyclic) bond motifs is 3. The average Bonchev–Trinajstić information content (AvgIpc) is 3.46. The minimum Gasteiger partial charge on any atom is -0.480 e. The third-order valence-corrected chi connectivity index (χ3v) is 7.03. The zero-order chi connectivity index (χ0) is 24.8. The van der Waals surface area contributed by atoms with Gasteiger partial charge in [0, 0.05) is 32.0 Å². The summed E-state index contributed by atoms with van der Waals surface area (Å²) in [5, 5.41) is 12.0. The molecular formula is C27H32N2O6. The van der Waals surface area contributed by atoms with Gasteiger partial charge >= 0.3 is 12.1 Å². The number of ether oxygens (including phenoxy) is 2. The van der Waals surface area contributed by atoms with Crippen LogP contribution in [-0.4, -0.2) is 67.9 Å². The van der Waals surface area contributed by atoms with Crippen LogP contribution in [0.1, 0.15) is 36.3 Å². The number of nitrogens with one attached hydrogen (secondary N) is 1. The van der Waals surface area contributed by atoms with E-state index in [1.54, 1.807) is 0 Å². The van der Waals surface area contributed by atoms with Gasteiger partial charge in [0.05, 0.1) is 6.61 Å². The number of nitrogens with zero attached hydrogens (tertiary/aromatic N) is 1. The normalized spacial score (nSPS) is 18.5. The third kappa shape index (κ3) is 5.65. The molecule has 0 radical (unpaired) electrons. The van der Waals surface area contributed by atoms with Gasteiger partial charge in [0.2, 0.25) is 5.91 Å². The Morgan fingerprint density at radius 3 is 2.31 bits per heavy atom. The molecule has 0 bridgehead atoms. The highest BCUT2D eigenvalue weighted by atomic mass is 16.5. The van der Waals surface area contributed by atoms with E-state index >= 15 is 0 Å². The number of alkyl carbamates (subject to hydrolysis) is 1. The van der Waals surface area contributed by atoms with Gasteiger partial charge in [0.1, 0.15) is 13.2 Å². The van der Waals surface area contributed by atoms with E-state index in [0.717, 1.165) is 24.0 Å². The van der Waals surface area contributed by atoms with E-state index in [0.29, 0.717) is 13.0 Å². The van der Waals surface area contributed by atoms with Crippen molar-refractivity contribution in [3.63, 3.8) is 0 Å². The Morgan fingerprint density at radius 2 is 1.69 bits per heavy atom. The largest absolute Gasteiger partial charge is 0.480 e. The summed E-state index contributed by atoms with van der Waals surface area (Å²) in [6, 6.07) is 16.3. The molecule has 2 atom stereocenters. The summed E-state index contributed by atoms with van der Waals surface area (Å²) < 4.78 is 10.6. The molecule has 0 saturated heterocycles. The van der Waals surface area contributed by atoms with Crippen LogP contribution in [0.25, 0.3) is 11.1 Å². The number of amides is 2. The third-order valence-electron chi connectivity index (χ3n) is 7.03. The minimum atomic E-state index is -1.05. The van der Waals surface area contributed by atoms with Gasteiger partial charge in [-0.1, -0.05) is 55.0 Å². The van der Waals surface area contributed by atoms with E-state index in [9.17, 15) is 19.5 Å². The lowest BCUT2D eigenvalue weighted by Gasteiger charge is -2.27. The lowest BCUT2D eigenvalue weighted by atomic mass is 9.94. The molecule has 2 aliphatic carbocycles. The van der Waals surface area contributed by atoms with Crippen LogP contribution in [0, 0.1) is 11.8 Å². The first-order chi connectivity index (χ1) is 17.0.